The minimum Gasteiger partial charge on any atom is -0.341 e. The van der Waals surface area contributed by atoms with Gasteiger partial charge in [-0.1, -0.05) is 0 Å². The number of nitrogens with zero attached hydrogens (tertiary/aromatic N) is 2. The number of carbonyl (C=O) groups excluding carboxylic acids is 2. The monoisotopic (exact) mass is 282 g/mol. The molecule has 0 unspecified atom stereocenters. The maximum atomic E-state index is 13.6. The third kappa shape index (κ3) is 2.95. The molecule has 0 aliphatic carbocycles. The molecule has 1 aliphatic heterocycles. The Hall–Kier alpha value is -1.98. The standard InChI is InChI=1S/C14H16F2N2O2/c1-2-17-6-3-7-18(9-13(17)19)14(20)11-8-10(15)4-5-12(11)16/h4-5,8H,2-3,6-7,9H2,1H3. The van der Waals surface area contributed by atoms with Gasteiger partial charge in [-0.2, -0.15) is 0 Å². The number of rotatable bonds is 2. The first kappa shape index (κ1) is 14.4. The Labute approximate surface area is 116 Å². The van der Waals surface area contributed by atoms with Crippen LogP contribution in [-0.2, 0) is 4.79 Å². The molecule has 2 amide bonds. The lowest BCUT2D eigenvalue weighted by molar-refractivity contribution is -0.130. The summed E-state index contributed by atoms with van der Waals surface area (Å²) >= 11 is 0. The van der Waals surface area contributed by atoms with E-state index in [9.17, 15) is 18.4 Å². The van der Waals surface area contributed by atoms with Gasteiger partial charge in [-0.25, -0.2) is 8.78 Å². The average Bonchev–Trinajstić information content (AvgIpc) is 2.62. The van der Waals surface area contributed by atoms with E-state index in [1.54, 1.807) is 4.90 Å². The highest BCUT2D eigenvalue weighted by Crippen LogP contribution is 2.14. The van der Waals surface area contributed by atoms with Gasteiger partial charge in [0.05, 0.1) is 5.56 Å². The summed E-state index contributed by atoms with van der Waals surface area (Å²) in [5.41, 5.74) is -0.331. The van der Waals surface area contributed by atoms with E-state index in [1.165, 1.54) is 4.90 Å². The molecule has 0 aromatic heterocycles. The number of amides is 2. The molecular formula is C14H16F2N2O2. The average molecular weight is 282 g/mol. The lowest BCUT2D eigenvalue weighted by atomic mass is 10.1. The fourth-order valence-corrected chi connectivity index (χ4v) is 2.26. The van der Waals surface area contributed by atoms with E-state index < -0.39 is 17.5 Å². The summed E-state index contributed by atoms with van der Waals surface area (Å²) in [6.07, 6.45) is 0.627. The van der Waals surface area contributed by atoms with Crippen LogP contribution in [0.5, 0.6) is 0 Å². The Morgan fingerprint density at radius 2 is 2.05 bits per heavy atom. The molecule has 0 radical (unpaired) electrons. The predicted octanol–water partition coefficient (Wildman–Crippen LogP) is 1.66. The highest BCUT2D eigenvalue weighted by Gasteiger charge is 2.26. The molecule has 0 N–H and O–H groups in total. The number of halogens is 2. The minimum absolute atomic E-state index is 0.0946. The van der Waals surface area contributed by atoms with Crippen molar-refractivity contribution in [1.82, 2.24) is 9.80 Å². The quantitative estimate of drug-likeness (QED) is 0.827. The summed E-state index contributed by atoms with van der Waals surface area (Å²) in [5.74, 6) is -2.27. The Morgan fingerprint density at radius 1 is 1.30 bits per heavy atom. The summed E-state index contributed by atoms with van der Waals surface area (Å²) < 4.78 is 26.7. The summed E-state index contributed by atoms with van der Waals surface area (Å²) in [6, 6.07) is 2.74. The van der Waals surface area contributed by atoms with Crippen LogP contribution in [0.1, 0.15) is 23.7 Å². The molecule has 6 heteroatoms. The third-order valence-corrected chi connectivity index (χ3v) is 3.36. The Balaban J connectivity index is 2.20. The van der Waals surface area contributed by atoms with Gasteiger partial charge in [0, 0.05) is 19.6 Å². The molecule has 1 fully saturated rings. The molecule has 4 nitrogen and oxygen atoms in total. The second kappa shape index (κ2) is 5.98. The van der Waals surface area contributed by atoms with Crippen molar-refractivity contribution in [1.29, 1.82) is 0 Å². The van der Waals surface area contributed by atoms with Crippen molar-refractivity contribution in [2.75, 3.05) is 26.2 Å². The van der Waals surface area contributed by atoms with Crippen LogP contribution in [0.25, 0.3) is 0 Å². The van der Waals surface area contributed by atoms with Gasteiger partial charge in [0.2, 0.25) is 5.91 Å². The van der Waals surface area contributed by atoms with E-state index in [0.717, 1.165) is 18.2 Å². The number of likely N-dealkylation sites (N-methyl/N-ethyl adjacent to an activating group) is 1. The van der Waals surface area contributed by atoms with Crippen molar-refractivity contribution in [2.24, 2.45) is 0 Å². The maximum Gasteiger partial charge on any atom is 0.257 e. The Bertz CT molecular complexity index is 534. The van der Waals surface area contributed by atoms with Crippen molar-refractivity contribution in [3.05, 3.63) is 35.4 Å². The van der Waals surface area contributed by atoms with Crippen molar-refractivity contribution < 1.29 is 18.4 Å². The van der Waals surface area contributed by atoms with Gasteiger partial charge in [-0.15, -0.1) is 0 Å². The lowest BCUT2D eigenvalue weighted by Gasteiger charge is -2.21. The number of hydrogen-bond donors (Lipinski definition) is 0. The summed E-state index contributed by atoms with van der Waals surface area (Å²) in [5, 5.41) is 0. The largest absolute Gasteiger partial charge is 0.341 e. The smallest absolute Gasteiger partial charge is 0.257 e. The van der Waals surface area contributed by atoms with Gasteiger partial charge in [0.1, 0.15) is 18.2 Å². The van der Waals surface area contributed by atoms with Gasteiger partial charge >= 0.3 is 0 Å². The molecule has 0 spiro atoms. The first-order valence-corrected chi connectivity index (χ1v) is 6.55. The first-order valence-electron chi connectivity index (χ1n) is 6.55. The van der Waals surface area contributed by atoms with Crippen LogP contribution in [0.4, 0.5) is 8.78 Å². The number of hydrogen-bond acceptors (Lipinski definition) is 2. The first-order chi connectivity index (χ1) is 9.52. The SMILES string of the molecule is CCN1CCCN(C(=O)c2cc(F)ccc2F)CC1=O. The second-order valence-corrected chi connectivity index (χ2v) is 4.68. The van der Waals surface area contributed by atoms with Gasteiger partial charge in [0.15, 0.2) is 0 Å². The van der Waals surface area contributed by atoms with Crippen LogP contribution in [0, 0.1) is 11.6 Å². The predicted molar refractivity (Wildman–Crippen MR) is 69.1 cm³/mol. The Kier molecular flexibility index (Phi) is 4.32. The second-order valence-electron chi connectivity index (χ2n) is 4.68. The number of benzene rings is 1. The molecule has 1 aromatic carbocycles. The van der Waals surface area contributed by atoms with Crippen molar-refractivity contribution in [3.8, 4) is 0 Å². The van der Waals surface area contributed by atoms with Crippen molar-refractivity contribution in [2.45, 2.75) is 13.3 Å². The normalized spacial score (nSPS) is 16.2. The van der Waals surface area contributed by atoms with Gasteiger partial charge < -0.3 is 9.80 Å². The van der Waals surface area contributed by atoms with E-state index in [-0.39, 0.29) is 18.0 Å². The lowest BCUT2D eigenvalue weighted by Crippen LogP contribution is -2.39. The molecule has 1 aliphatic rings. The molecule has 20 heavy (non-hydrogen) atoms. The molecule has 2 rings (SSSR count). The fraction of sp³-hybridized carbons (Fsp3) is 0.429. The molecule has 1 aromatic rings. The summed E-state index contributed by atoms with van der Waals surface area (Å²) in [4.78, 5) is 27.0. The summed E-state index contributed by atoms with van der Waals surface area (Å²) in [6.45, 7) is 3.28. The highest BCUT2D eigenvalue weighted by atomic mass is 19.1. The fourth-order valence-electron chi connectivity index (χ4n) is 2.26. The molecule has 0 saturated carbocycles. The minimum atomic E-state index is -0.777. The summed E-state index contributed by atoms with van der Waals surface area (Å²) in [7, 11) is 0. The van der Waals surface area contributed by atoms with Gasteiger partial charge in [-0.05, 0) is 31.5 Å². The maximum absolute atomic E-state index is 13.6. The topological polar surface area (TPSA) is 40.6 Å². The van der Waals surface area contributed by atoms with Crippen LogP contribution in [-0.4, -0.2) is 47.8 Å². The van der Waals surface area contributed by atoms with E-state index in [2.05, 4.69) is 0 Å². The van der Waals surface area contributed by atoms with Crippen LogP contribution < -0.4 is 0 Å². The highest BCUT2D eigenvalue weighted by molar-refractivity contribution is 5.96. The zero-order chi connectivity index (χ0) is 14.7. The molecule has 0 atom stereocenters. The molecular weight excluding hydrogens is 266 g/mol. The third-order valence-electron chi connectivity index (χ3n) is 3.36. The zero-order valence-corrected chi connectivity index (χ0v) is 11.2. The van der Waals surface area contributed by atoms with Crippen LogP contribution in [0.3, 0.4) is 0 Å². The van der Waals surface area contributed by atoms with E-state index >= 15 is 0 Å². The molecule has 1 heterocycles. The van der Waals surface area contributed by atoms with Crippen molar-refractivity contribution >= 4 is 11.8 Å². The molecule has 108 valence electrons. The van der Waals surface area contributed by atoms with Crippen LogP contribution in [0.2, 0.25) is 0 Å². The van der Waals surface area contributed by atoms with Crippen molar-refractivity contribution in [3.63, 3.8) is 0 Å². The van der Waals surface area contributed by atoms with Crippen LogP contribution >= 0.6 is 0 Å². The van der Waals surface area contributed by atoms with Gasteiger partial charge in [-0.3, -0.25) is 9.59 Å². The zero-order valence-electron chi connectivity index (χ0n) is 11.2. The molecule has 0 bridgehead atoms. The number of carbonyl (C=O) groups is 2. The van der Waals surface area contributed by atoms with Crippen LogP contribution in [0.15, 0.2) is 18.2 Å². The van der Waals surface area contributed by atoms with E-state index in [0.29, 0.717) is 26.1 Å². The molecule has 1 saturated heterocycles. The van der Waals surface area contributed by atoms with E-state index in [1.807, 2.05) is 6.92 Å². The van der Waals surface area contributed by atoms with E-state index in [4.69, 9.17) is 0 Å². The van der Waals surface area contributed by atoms with Gasteiger partial charge in [0.25, 0.3) is 5.91 Å². The Morgan fingerprint density at radius 3 is 2.75 bits per heavy atom.